The van der Waals surface area contributed by atoms with Crippen LogP contribution in [0.15, 0.2) is 29.6 Å². The lowest BCUT2D eigenvalue weighted by molar-refractivity contribution is -0.154. The number of anilines is 1. The number of nitrogens with one attached hydrogen (secondary N) is 2. The van der Waals surface area contributed by atoms with Gasteiger partial charge in [0.2, 0.25) is 0 Å². The number of amides is 3. The number of carbonyl (C=O) groups excluding carboxylic acids is 2. The average molecular weight is 428 g/mol. The van der Waals surface area contributed by atoms with E-state index in [2.05, 4.69) is 15.6 Å². The number of nitrogens with zero attached hydrogens (tertiary/aromatic N) is 2. The Bertz CT molecular complexity index is 893. The topological polar surface area (TPSA) is 83.6 Å². The van der Waals surface area contributed by atoms with Crippen LogP contribution in [-0.2, 0) is 22.6 Å². The highest BCUT2D eigenvalue weighted by Crippen LogP contribution is 2.32. The van der Waals surface area contributed by atoms with Crippen molar-refractivity contribution in [3.8, 4) is 0 Å². The van der Waals surface area contributed by atoms with E-state index in [0.717, 1.165) is 16.2 Å². The second-order valence-corrected chi connectivity index (χ2v) is 7.40. The first-order chi connectivity index (χ1) is 13.7. The zero-order chi connectivity index (χ0) is 21.0. The van der Waals surface area contributed by atoms with Crippen LogP contribution in [0.25, 0.3) is 0 Å². The fraction of sp³-hybridized carbons (Fsp3) is 0.389. The van der Waals surface area contributed by atoms with Gasteiger partial charge in [-0.3, -0.25) is 10.1 Å². The first-order valence-corrected chi connectivity index (χ1v) is 9.60. The lowest BCUT2D eigenvalue weighted by atomic mass is 10.1. The Kier molecular flexibility index (Phi) is 6.38. The number of benzene rings is 1. The van der Waals surface area contributed by atoms with Crippen molar-refractivity contribution in [3.63, 3.8) is 0 Å². The van der Waals surface area contributed by atoms with E-state index in [0.29, 0.717) is 11.3 Å². The number of likely N-dealkylation sites (N-methyl/N-ethyl adjacent to an activating group) is 1. The number of carbonyl (C=O) groups is 2. The van der Waals surface area contributed by atoms with Crippen molar-refractivity contribution in [3.05, 3.63) is 46.7 Å². The van der Waals surface area contributed by atoms with Gasteiger partial charge in [-0.15, -0.1) is 11.3 Å². The molecule has 0 aliphatic carbocycles. The Labute approximate surface area is 168 Å². The van der Waals surface area contributed by atoms with E-state index < -0.39 is 36.2 Å². The number of halogens is 3. The fourth-order valence-electron chi connectivity index (χ4n) is 2.75. The van der Waals surface area contributed by atoms with Crippen molar-refractivity contribution in [1.29, 1.82) is 0 Å². The Hall–Kier alpha value is -2.66. The molecule has 1 unspecified atom stereocenters. The van der Waals surface area contributed by atoms with Crippen LogP contribution in [0.3, 0.4) is 0 Å². The molecule has 29 heavy (non-hydrogen) atoms. The quantitative estimate of drug-likeness (QED) is 0.741. The molecule has 2 aromatic rings. The van der Waals surface area contributed by atoms with Crippen molar-refractivity contribution in [1.82, 2.24) is 15.2 Å². The Balaban J connectivity index is 1.49. The molecule has 1 aliphatic heterocycles. The van der Waals surface area contributed by atoms with Crippen LogP contribution >= 0.6 is 11.3 Å². The number of urea groups is 1. The summed E-state index contributed by atoms with van der Waals surface area (Å²) in [7, 11) is 1.39. The van der Waals surface area contributed by atoms with Crippen LogP contribution in [0.4, 0.5) is 23.1 Å². The minimum absolute atomic E-state index is 0.00212. The first kappa shape index (κ1) is 21.1. The van der Waals surface area contributed by atoms with Crippen molar-refractivity contribution in [2.24, 2.45) is 0 Å². The van der Waals surface area contributed by atoms with Crippen LogP contribution in [0.5, 0.6) is 0 Å². The van der Waals surface area contributed by atoms with Gasteiger partial charge in [-0.1, -0.05) is 12.1 Å². The summed E-state index contributed by atoms with van der Waals surface area (Å²) in [4.78, 5) is 29.4. The predicted octanol–water partition coefficient (Wildman–Crippen LogP) is 2.99. The minimum Gasteiger partial charge on any atom is -0.362 e. The van der Waals surface area contributed by atoms with Crippen molar-refractivity contribution in [2.45, 2.75) is 31.5 Å². The largest absolute Gasteiger partial charge is 0.362 e. The average Bonchev–Trinajstić information content (AvgIpc) is 3.24. The molecule has 2 N–H and O–H groups in total. The van der Waals surface area contributed by atoms with Gasteiger partial charge in [0.05, 0.1) is 18.8 Å². The van der Waals surface area contributed by atoms with Crippen molar-refractivity contribution >= 4 is 28.4 Å². The predicted molar refractivity (Wildman–Crippen MR) is 100 cm³/mol. The molecule has 3 amide bonds. The molecule has 11 heteroatoms. The molecule has 156 valence electrons. The summed E-state index contributed by atoms with van der Waals surface area (Å²) in [5, 5.41) is 7.00. The van der Waals surface area contributed by atoms with Crippen molar-refractivity contribution in [2.75, 3.05) is 19.0 Å². The van der Waals surface area contributed by atoms with Crippen LogP contribution < -0.4 is 10.6 Å². The Morgan fingerprint density at radius 1 is 1.41 bits per heavy atom. The number of aromatic nitrogens is 1. The lowest BCUT2D eigenvalue weighted by Crippen LogP contribution is -2.44. The molecule has 1 saturated heterocycles. The normalized spacial score (nSPS) is 17.7. The monoisotopic (exact) mass is 428 g/mol. The van der Waals surface area contributed by atoms with Gasteiger partial charge in [0.25, 0.3) is 11.8 Å². The maximum Gasteiger partial charge on any atom is 0.321 e. The second kappa shape index (κ2) is 8.78. The van der Waals surface area contributed by atoms with Crippen LogP contribution in [0, 0.1) is 5.82 Å². The molecule has 1 aromatic heterocycles. The maximum atomic E-state index is 13.7. The molecular weight excluding hydrogens is 409 g/mol. The minimum atomic E-state index is -3.18. The summed E-state index contributed by atoms with van der Waals surface area (Å²) in [5.74, 6) is -4.39. The van der Waals surface area contributed by atoms with Gasteiger partial charge in [0.1, 0.15) is 5.82 Å². The van der Waals surface area contributed by atoms with E-state index in [9.17, 15) is 22.8 Å². The molecule has 0 radical (unpaired) electrons. The smallest absolute Gasteiger partial charge is 0.321 e. The number of rotatable bonds is 6. The molecule has 0 saturated carbocycles. The van der Waals surface area contributed by atoms with Gasteiger partial charge >= 0.3 is 6.03 Å². The van der Waals surface area contributed by atoms with Crippen LogP contribution in [-0.4, -0.2) is 47.5 Å². The fourth-order valence-corrected chi connectivity index (χ4v) is 3.44. The molecule has 1 aliphatic rings. The van der Waals surface area contributed by atoms with Gasteiger partial charge in [-0.05, 0) is 17.7 Å². The standard InChI is InChI=1S/C18H19F3N4O3S/c1-25(15(26)14-18(20,21)5-6-28-14)9-13-10-29-17(23-13)24-16(27)22-8-11-3-2-4-12(19)7-11/h2-4,7,10,14H,5-6,8-9H2,1H3,(H2,22,23,24,27). The summed E-state index contributed by atoms with van der Waals surface area (Å²) in [6.45, 7) is -0.0285. The van der Waals surface area contributed by atoms with E-state index >= 15 is 0 Å². The lowest BCUT2D eigenvalue weighted by Gasteiger charge is -2.23. The summed E-state index contributed by atoms with van der Waals surface area (Å²) < 4.78 is 45.3. The van der Waals surface area contributed by atoms with E-state index in [-0.39, 0.29) is 24.8 Å². The third-order valence-corrected chi connectivity index (χ3v) is 5.02. The third-order valence-electron chi connectivity index (χ3n) is 4.22. The second-order valence-electron chi connectivity index (χ2n) is 6.54. The molecule has 0 spiro atoms. The molecule has 2 heterocycles. The Morgan fingerprint density at radius 2 is 2.21 bits per heavy atom. The molecular formula is C18H19F3N4O3S. The number of ether oxygens (including phenoxy) is 1. The number of thiazole rings is 1. The molecule has 1 fully saturated rings. The summed E-state index contributed by atoms with van der Waals surface area (Å²) in [6.07, 6.45) is -2.26. The SMILES string of the molecule is CN(Cc1csc(NC(=O)NCc2cccc(F)c2)n1)C(=O)C1OCCC1(F)F. The van der Waals surface area contributed by atoms with E-state index in [1.54, 1.807) is 17.5 Å². The first-order valence-electron chi connectivity index (χ1n) is 8.73. The number of alkyl halides is 2. The molecule has 1 atom stereocenters. The van der Waals surface area contributed by atoms with Crippen LogP contribution in [0.2, 0.25) is 0 Å². The molecule has 3 rings (SSSR count). The van der Waals surface area contributed by atoms with Crippen LogP contribution in [0.1, 0.15) is 17.7 Å². The highest BCUT2D eigenvalue weighted by atomic mass is 32.1. The van der Waals surface area contributed by atoms with Gasteiger partial charge in [0.15, 0.2) is 11.2 Å². The number of hydrogen-bond donors (Lipinski definition) is 2. The van der Waals surface area contributed by atoms with Gasteiger partial charge in [-0.25, -0.2) is 22.9 Å². The highest BCUT2D eigenvalue weighted by molar-refractivity contribution is 7.13. The van der Waals surface area contributed by atoms with E-state index in [4.69, 9.17) is 4.74 Å². The summed E-state index contributed by atoms with van der Waals surface area (Å²) in [5.41, 5.74) is 1.04. The Morgan fingerprint density at radius 3 is 2.90 bits per heavy atom. The number of hydrogen-bond acceptors (Lipinski definition) is 5. The molecule has 1 aromatic carbocycles. The van der Waals surface area contributed by atoms with Crippen molar-refractivity contribution < 1.29 is 27.5 Å². The van der Waals surface area contributed by atoms with Gasteiger partial charge in [-0.2, -0.15) is 0 Å². The zero-order valence-electron chi connectivity index (χ0n) is 15.5. The zero-order valence-corrected chi connectivity index (χ0v) is 16.3. The van der Waals surface area contributed by atoms with Gasteiger partial charge in [0, 0.05) is 25.4 Å². The molecule has 7 nitrogen and oxygen atoms in total. The summed E-state index contributed by atoms with van der Waals surface area (Å²) in [6, 6.07) is 5.31. The van der Waals surface area contributed by atoms with Gasteiger partial charge < -0.3 is 15.0 Å². The highest BCUT2D eigenvalue weighted by Gasteiger charge is 2.50. The molecule has 0 bridgehead atoms. The van der Waals surface area contributed by atoms with E-state index in [1.165, 1.54) is 19.2 Å². The van der Waals surface area contributed by atoms with E-state index in [1.807, 2.05) is 0 Å². The third kappa shape index (κ3) is 5.45. The maximum absolute atomic E-state index is 13.7. The summed E-state index contributed by atoms with van der Waals surface area (Å²) >= 11 is 1.13.